The first-order valence-electron chi connectivity index (χ1n) is 5.69. The standard InChI is InChI=1S/C9H15NO4.C4H6O2/c1-7(2)8(11)14-6-5-10(3,4)9(12)13;1-3(2)4(5)6/h1,5-6H2,2-4H3;1H2,2H3,(H,5,6)/p+1. The van der Waals surface area contributed by atoms with E-state index in [4.69, 9.17) is 14.9 Å². The van der Waals surface area contributed by atoms with E-state index in [0.717, 1.165) is 0 Å². The Kier molecular flexibility index (Phi) is 8.94. The van der Waals surface area contributed by atoms with Gasteiger partial charge in [0, 0.05) is 11.1 Å². The van der Waals surface area contributed by atoms with Crippen molar-refractivity contribution in [1.82, 2.24) is 0 Å². The van der Waals surface area contributed by atoms with Crippen molar-refractivity contribution in [2.45, 2.75) is 13.8 Å². The summed E-state index contributed by atoms with van der Waals surface area (Å²) in [6.07, 6.45) is -0.962. The van der Waals surface area contributed by atoms with Crippen LogP contribution in [0.4, 0.5) is 4.79 Å². The molecule has 7 heteroatoms. The highest BCUT2D eigenvalue weighted by molar-refractivity contribution is 5.86. The van der Waals surface area contributed by atoms with Crippen molar-refractivity contribution in [3.05, 3.63) is 24.3 Å². The summed E-state index contributed by atoms with van der Waals surface area (Å²) in [4.78, 5) is 31.2. The third-order valence-electron chi connectivity index (χ3n) is 2.11. The van der Waals surface area contributed by atoms with Gasteiger partial charge in [0.1, 0.15) is 13.2 Å². The number of esters is 1. The lowest BCUT2D eigenvalue weighted by Crippen LogP contribution is -2.46. The molecular formula is C13H22NO6+. The molecule has 0 bridgehead atoms. The van der Waals surface area contributed by atoms with Crippen LogP contribution in [0.5, 0.6) is 0 Å². The Balaban J connectivity index is 0. The van der Waals surface area contributed by atoms with E-state index in [1.807, 2.05) is 0 Å². The van der Waals surface area contributed by atoms with Crippen LogP contribution in [0.2, 0.25) is 0 Å². The second kappa shape index (κ2) is 8.87. The van der Waals surface area contributed by atoms with Gasteiger partial charge in [-0.3, -0.25) is 0 Å². The quantitative estimate of drug-likeness (QED) is 0.452. The number of carboxylic acids is 1. The molecule has 0 saturated carbocycles. The molecule has 1 amide bonds. The van der Waals surface area contributed by atoms with Gasteiger partial charge < -0.3 is 14.9 Å². The van der Waals surface area contributed by atoms with Gasteiger partial charge in [-0.1, -0.05) is 13.2 Å². The highest BCUT2D eigenvalue weighted by atomic mass is 16.5. The number of hydrogen-bond donors (Lipinski definition) is 2. The first-order valence-corrected chi connectivity index (χ1v) is 5.69. The normalized spacial score (nSPS) is 9.80. The van der Waals surface area contributed by atoms with Crippen molar-refractivity contribution in [3.8, 4) is 0 Å². The van der Waals surface area contributed by atoms with Crippen LogP contribution in [0, 0.1) is 0 Å². The van der Waals surface area contributed by atoms with Gasteiger partial charge in [0.2, 0.25) is 0 Å². The number of nitrogens with zero attached hydrogens (tertiary/aromatic N) is 1. The molecular weight excluding hydrogens is 266 g/mol. The minimum atomic E-state index is -0.962. The van der Waals surface area contributed by atoms with E-state index >= 15 is 0 Å². The Morgan fingerprint density at radius 1 is 1.05 bits per heavy atom. The minimum absolute atomic E-state index is 0.0744. The largest absolute Gasteiger partial charge is 0.513 e. The molecule has 114 valence electrons. The third-order valence-corrected chi connectivity index (χ3v) is 2.11. The molecule has 0 radical (unpaired) electrons. The maximum absolute atomic E-state index is 10.9. The number of ether oxygens (including phenoxy) is 1. The Labute approximate surface area is 118 Å². The van der Waals surface area contributed by atoms with Gasteiger partial charge in [0.15, 0.2) is 0 Å². The van der Waals surface area contributed by atoms with Crippen LogP contribution >= 0.6 is 0 Å². The summed E-state index contributed by atoms with van der Waals surface area (Å²) in [5.74, 6) is -1.43. The second-order valence-electron chi connectivity index (χ2n) is 4.69. The Morgan fingerprint density at radius 2 is 1.45 bits per heavy atom. The fourth-order valence-corrected chi connectivity index (χ4v) is 0.585. The fourth-order valence-electron chi connectivity index (χ4n) is 0.585. The Bertz CT molecular complexity index is 399. The maximum atomic E-state index is 10.9. The zero-order valence-corrected chi connectivity index (χ0v) is 12.3. The molecule has 0 spiro atoms. The summed E-state index contributed by atoms with van der Waals surface area (Å²) in [6.45, 7) is 9.86. The van der Waals surface area contributed by atoms with Crippen LogP contribution in [0.1, 0.15) is 13.8 Å². The summed E-state index contributed by atoms with van der Waals surface area (Å²) in [7, 11) is 3.05. The summed E-state index contributed by atoms with van der Waals surface area (Å²) >= 11 is 0. The van der Waals surface area contributed by atoms with Gasteiger partial charge in [-0.15, -0.1) is 0 Å². The molecule has 0 aromatic heterocycles. The highest BCUT2D eigenvalue weighted by Gasteiger charge is 2.25. The molecule has 0 rings (SSSR count). The maximum Gasteiger partial charge on any atom is 0.513 e. The summed E-state index contributed by atoms with van der Waals surface area (Å²) < 4.78 is 4.54. The summed E-state index contributed by atoms with van der Waals surface area (Å²) in [5.41, 5.74) is 0.487. The van der Waals surface area contributed by atoms with Crippen molar-refractivity contribution < 1.29 is 33.8 Å². The minimum Gasteiger partial charge on any atom is -0.478 e. The zero-order valence-electron chi connectivity index (χ0n) is 12.3. The van der Waals surface area contributed by atoms with Crippen LogP contribution in [-0.4, -0.2) is 60.0 Å². The molecule has 0 unspecified atom stereocenters. The van der Waals surface area contributed by atoms with Crippen LogP contribution in [-0.2, 0) is 14.3 Å². The van der Waals surface area contributed by atoms with Crippen molar-refractivity contribution >= 4 is 18.0 Å². The monoisotopic (exact) mass is 288 g/mol. The Morgan fingerprint density at radius 3 is 1.70 bits per heavy atom. The number of amides is 1. The molecule has 2 N–H and O–H groups in total. The number of hydrogen-bond acceptors (Lipinski definition) is 4. The molecule has 0 heterocycles. The van der Waals surface area contributed by atoms with Crippen molar-refractivity contribution in [1.29, 1.82) is 0 Å². The van der Waals surface area contributed by atoms with E-state index in [-0.39, 0.29) is 23.2 Å². The molecule has 7 nitrogen and oxygen atoms in total. The number of quaternary nitrogens is 1. The number of carbonyl (C=O) groups is 3. The number of aliphatic carboxylic acids is 1. The molecule has 0 aromatic carbocycles. The average molecular weight is 288 g/mol. The predicted octanol–water partition coefficient (Wildman–Crippen LogP) is 1.51. The van der Waals surface area contributed by atoms with Crippen LogP contribution in [0.25, 0.3) is 0 Å². The van der Waals surface area contributed by atoms with E-state index < -0.39 is 18.0 Å². The van der Waals surface area contributed by atoms with E-state index in [9.17, 15) is 14.4 Å². The van der Waals surface area contributed by atoms with Gasteiger partial charge in [0.25, 0.3) is 0 Å². The summed E-state index contributed by atoms with van der Waals surface area (Å²) in [5, 5.41) is 16.6. The van der Waals surface area contributed by atoms with Gasteiger partial charge >= 0.3 is 18.0 Å². The SMILES string of the molecule is C=C(C)C(=O)O.C=C(C)C(=O)OCC[N+](C)(C)C(=O)O. The lowest BCUT2D eigenvalue weighted by atomic mass is 10.4. The first kappa shape index (κ1) is 20.2. The van der Waals surface area contributed by atoms with Crippen LogP contribution in [0.3, 0.4) is 0 Å². The van der Waals surface area contributed by atoms with Gasteiger partial charge in [-0.05, 0) is 13.8 Å². The summed E-state index contributed by atoms with van der Waals surface area (Å²) in [6, 6.07) is 0. The number of carboxylic acid groups (broad SMARTS) is 2. The third kappa shape index (κ3) is 9.84. The van der Waals surface area contributed by atoms with Gasteiger partial charge in [-0.2, -0.15) is 4.79 Å². The van der Waals surface area contributed by atoms with Crippen molar-refractivity contribution in [3.63, 3.8) is 0 Å². The molecule has 0 aliphatic rings. The van der Waals surface area contributed by atoms with E-state index in [2.05, 4.69) is 13.2 Å². The van der Waals surface area contributed by atoms with Crippen LogP contribution < -0.4 is 0 Å². The topological polar surface area (TPSA) is 101 Å². The molecule has 0 aliphatic heterocycles. The zero-order chi connectivity index (χ0) is 16.5. The molecule has 20 heavy (non-hydrogen) atoms. The second-order valence-corrected chi connectivity index (χ2v) is 4.69. The molecule has 0 aromatic rings. The first-order chi connectivity index (χ1) is 8.91. The smallest absolute Gasteiger partial charge is 0.478 e. The predicted molar refractivity (Wildman–Crippen MR) is 73.2 cm³/mol. The molecule has 0 fully saturated rings. The van der Waals surface area contributed by atoms with Gasteiger partial charge in [-0.25, -0.2) is 14.1 Å². The molecule has 0 saturated heterocycles. The van der Waals surface area contributed by atoms with Crippen LogP contribution in [0.15, 0.2) is 24.3 Å². The fraction of sp³-hybridized carbons (Fsp3) is 0.462. The lowest BCUT2D eigenvalue weighted by Gasteiger charge is -2.21. The molecule has 0 atom stereocenters. The highest BCUT2D eigenvalue weighted by Crippen LogP contribution is 1.99. The van der Waals surface area contributed by atoms with Gasteiger partial charge in [0.05, 0.1) is 14.1 Å². The molecule has 0 aliphatic carbocycles. The number of rotatable bonds is 5. The van der Waals surface area contributed by atoms with E-state index in [0.29, 0.717) is 5.57 Å². The number of likely N-dealkylation sites (N-methyl/N-ethyl adjacent to an activating group) is 1. The van der Waals surface area contributed by atoms with Crippen molar-refractivity contribution in [2.24, 2.45) is 0 Å². The average Bonchev–Trinajstić information content (AvgIpc) is 2.28. The van der Waals surface area contributed by atoms with E-state index in [1.54, 1.807) is 6.92 Å². The Hall–Kier alpha value is -2.15. The lowest BCUT2D eigenvalue weighted by molar-refractivity contribution is -0.816. The van der Waals surface area contributed by atoms with Crippen molar-refractivity contribution in [2.75, 3.05) is 27.2 Å². The number of carbonyl (C=O) groups excluding carboxylic acids is 1. The van der Waals surface area contributed by atoms with E-state index in [1.165, 1.54) is 21.0 Å².